The van der Waals surface area contributed by atoms with Crippen molar-refractivity contribution in [3.63, 3.8) is 0 Å². The van der Waals surface area contributed by atoms with Crippen molar-refractivity contribution in [1.29, 1.82) is 0 Å². The number of carbonyl (C=O) groups is 1. The van der Waals surface area contributed by atoms with E-state index in [2.05, 4.69) is 23.0 Å². The Bertz CT molecular complexity index is 388. The lowest BCUT2D eigenvalue weighted by Crippen LogP contribution is -2.27. The van der Waals surface area contributed by atoms with Crippen molar-refractivity contribution in [2.45, 2.75) is 6.18 Å². The van der Waals surface area contributed by atoms with E-state index in [0.717, 1.165) is 4.68 Å². The third kappa shape index (κ3) is 2.91. The lowest BCUT2D eigenvalue weighted by atomic mass is 10.3. The van der Waals surface area contributed by atoms with Gasteiger partial charge in [0.25, 0.3) is 5.91 Å². The summed E-state index contributed by atoms with van der Waals surface area (Å²) in [6.45, 7) is 0.286. The number of amides is 1. The predicted octanol–water partition coefficient (Wildman–Crippen LogP) is 1.10. The highest BCUT2D eigenvalue weighted by Crippen LogP contribution is 2.28. The molecule has 0 aromatic carbocycles. The Hall–Kier alpha value is -1.18. The van der Waals surface area contributed by atoms with Crippen LogP contribution in [0.3, 0.4) is 0 Å². The molecule has 0 saturated heterocycles. The van der Waals surface area contributed by atoms with E-state index in [-0.39, 0.29) is 12.2 Å². The first-order valence-electron chi connectivity index (χ1n) is 4.36. The molecule has 0 aliphatic rings. The Morgan fingerprint density at radius 2 is 2.25 bits per heavy atom. The first-order valence-corrected chi connectivity index (χ1v) is 5.00. The molecule has 1 aromatic heterocycles. The van der Waals surface area contributed by atoms with Crippen LogP contribution >= 0.6 is 12.6 Å². The summed E-state index contributed by atoms with van der Waals surface area (Å²) in [6.07, 6.45) is -4.54. The van der Waals surface area contributed by atoms with E-state index in [1.165, 1.54) is 7.05 Å². The molecule has 0 aliphatic carbocycles. The fourth-order valence-electron chi connectivity index (χ4n) is 1.08. The van der Waals surface area contributed by atoms with Crippen LogP contribution in [0, 0.1) is 0 Å². The highest BCUT2D eigenvalue weighted by atomic mass is 32.1. The van der Waals surface area contributed by atoms with Crippen LogP contribution in [0.15, 0.2) is 6.07 Å². The summed E-state index contributed by atoms with van der Waals surface area (Å²) in [5.41, 5.74) is -1.21. The largest absolute Gasteiger partial charge is 0.435 e. The Morgan fingerprint density at radius 1 is 1.62 bits per heavy atom. The number of nitrogens with one attached hydrogen (secondary N) is 1. The molecule has 0 radical (unpaired) electrons. The van der Waals surface area contributed by atoms with E-state index in [4.69, 9.17) is 0 Å². The Kier molecular flexibility index (Phi) is 3.84. The topological polar surface area (TPSA) is 46.9 Å². The molecule has 1 N–H and O–H groups in total. The van der Waals surface area contributed by atoms with Crippen LogP contribution in [0.25, 0.3) is 0 Å². The van der Waals surface area contributed by atoms with Crippen molar-refractivity contribution < 1.29 is 18.0 Å². The zero-order valence-electron chi connectivity index (χ0n) is 8.38. The van der Waals surface area contributed by atoms with Gasteiger partial charge in [0, 0.05) is 25.4 Å². The van der Waals surface area contributed by atoms with Gasteiger partial charge in [-0.1, -0.05) is 0 Å². The molecule has 0 spiro atoms. The van der Waals surface area contributed by atoms with Gasteiger partial charge in [-0.25, -0.2) is 0 Å². The predicted molar refractivity (Wildman–Crippen MR) is 54.4 cm³/mol. The van der Waals surface area contributed by atoms with E-state index in [0.29, 0.717) is 11.8 Å². The van der Waals surface area contributed by atoms with Gasteiger partial charge < -0.3 is 5.32 Å². The minimum Gasteiger partial charge on any atom is -0.350 e. The monoisotopic (exact) mass is 253 g/mol. The molecule has 16 heavy (non-hydrogen) atoms. The molecular formula is C8H10F3N3OS. The second kappa shape index (κ2) is 4.77. The third-order valence-corrected chi connectivity index (χ3v) is 2.02. The summed E-state index contributed by atoms with van der Waals surface area (Å²) in [6, 6.07) is 0.716. The normalized spacial score (nSPS) is 11.6. The number of thiol groups is 1. The smallest absolute Gasteiger partial charge is 0.350 e. The number of aryl methyl sites for hydroxylation is 1. The molecule has 0 aliphatic heterocycles. The first-order chi connectivity index (χ1) is 7.36. The summed E-state index contributed by atoms with van der Waals surface area (Å²) in [4.78, 5) is 11.4. The number of alkyl halides is 3. The van der Waals surface area contributed by atoms with Gasteiger partial charge >= 0.3 is 6.18 Å². The zero-order chi connectivity index (χ0) is 12.3. The van der Waals surface area contributed by atoms with Gasteiger partial charge in [0.05, 0.1) is 0 Å². The number of carbonyl (C=O) groups excluding carboxylic acids is 1. The number of hydrogen-bond donors (Lipinski definition) is 2. The van der Waals surface area contributed by atoms with Crippen LogP contribution in [0.2, 0.25) is 0 Å². The van der Waals surface area contributed by atoms with Crippen molar-refractivity contribution in [3.05, 3.63) is 17.5 Å². The maximum absolute atomic E-state index is 12.3. The molecule has 0 atom stereocenters. The summed E-state index contributed by atoms with van der Waals surface area (Å²) in [5, 5.41) is 5.63. The number of aromatic nitrogens is 2. The molecule has 1 rings (SSSR count). The van der Waals surface area contributed by atoms with Gasteiger partial charge in [0.1, 0.15) is 5.69 Å². The van der Waals surface area contributed by atoms with Crippen LogP contribution in [0.1, 0.15) is 16.2 Å². The van der Waals surface area contributed by atoms with Gasteiger partial charge in [0.15, 0.2) is 5.69 Å². The lowest BCUT2D eigenvalue weighted by Gasteiger charge is -2.02. The summed E-state index contributed by atoms with van der Waals surface area (Å²) in [5.74, 6) is -0.185. The molecule has 0 unspecified atom stereocenters. The average Bonchev–Trinajstić information content (AvgIpc) is 2.56. The molecule has 1 amide bonds. The molecule has 0 saturated carbocycles. The third-order valence-electron chi connectivity index (χ3n) is 1.80. The molecule has 1 aromatic rings. The average molecular weight is 253 g/mol. The minimum absolute atomic E-state index is 0.130. The van der Waals surface area contributed by atoms with Crippen molar-refractivity contribution in [1.82, 2.24) is 15.1 Å². The Labute approximate surface area is 95.2 Å². The lowest BCUT2D eigenvalue weighted by molar-refractivity contribution is -0.141. The number of hydrogen-bond acceptors (Lipinski definition) is 3. The van der Waals surface area contributed by atoms with Crippen LogP contribution in [-0.4, -0.2) is 28.0 Å². The SMILES string of the molecule is Cn1nc(C(F)(F)F)cc1C(=O)NCCS. The van der Waals surface area contributed by atoms with E-state index in [1.54, 1.807) is 0 Å². The standard InChI is InChI=1S/C8H10F3N3OS/c1-14-5(7(15)12-2-3-16)4-6(13-14)8(9,10)11/h4,16H,2-3H2,1H3,(H,12,15). The van der Waals surface area contributed by atoms with Crippen molar-refractivity contribution in [3.8, 4) is 0 Å². The molecular weight excluding hydrogens is 243 g/mol. The number of rotatable bonds is 3. The Morgan fingerprint density at radius 3 is 2.69 bits per heavy atom. The van der Waals surface area contributed by atoms with Crippen LogP contribution in [0.4, 0.5) is 13.2 Å². The molecule has 8 heteroatoms. The van der Waals surface area contributed by atoms with Crippen LogP contribution < -0.4 is 5.32 Å². The summed E-state index contributed by atoms with van der Waals surface area (Å²) >= 11 is 3.87. The number of nitrogens with zero attached hydrogens (tertiary/aromatic N) is 2. The van der Waals surface area contributed by atoms with E-state index in [1.807, 2.05) is 0 Å². The van der Waals surface area contributed by atoms with Gasteiger partial charge in [-0.2, -0.15) is 30.9 Å². The van der Waals surface area contributed by atoms with Crippen molar-refractivity contribution in [2.75, 3.05) is 12.3 Å². The van der Waals surface area contributed by atoms with Gasteiger partial charge in [-0.05, 0) is 0 Å². The molecule has 0 fully saturated rings. The summed E-state index contributed by atoms with van der Waals surface area (Å²) < 4.78 is 37.7. The van der Waals surface area contributed by atoms with Crippen molar-refractivity contribution >= 4 is 18.5 Å². The van der Waals surface area contributed by atoms with Crippen LogP contribution in [-0.2, 0) is 13.2 Å². The molecule has 1 heterocycles. The fourth-order valence-corrected chi connectivity index (χ4v) is 1.19. The van der Waals surface area contributed by atoms with Crippen molar-refractivity contribution in [2.24, 2.45) is 7.05 Å². The highest BCUT2D eigenvalue weighted by molar-refractivity contribution is 7.80. The fraction of sp³-hybridized carbons (Fsp3) is 0.500. The quantitative estimate of drug-likeness (QED) is 0.792. The molecule has 90 valence electrons. The maximum Gasteiger partial charge on any atom is 0.435 e. The van der Waals surface area contributed by atoms with Gasteiger partial charge in [0.2, 0.25) is 0 Å². The van der Waals surface area contributed by atoms with E-state index >= 15 is 0 Å². The second-order valence-corrected chi connectivity index (χ2v) is 3.46. The van der Waals surface area contributed by atoms with Crippen LogP contribution in [0.5, 0.6) is 0 Å². The van der Waals surface area contributed by atoms with E-state index in [9.17, 15) is 18.0 Å². The first kappa shape index (κ1) is 12.9. The van der Waals surface area contributed by atoms with E-state index < -0.39 is 17.8 Å². The number of halogens is 3. The zero-order valence-corrected chi connectivity index (χ0v) is 9.27. The summed E-state index contributed by atoms with van der Waals surface area (Å²) in [7, 11) is 1.28. The molecule has 4 nitrogen and oxygen atoms in total. The highest BCUT2D eigenvalue weighted by Gasteiger charge is 2.35. The van der Waals surface area contributed by atoms with Gasteiger partial charge in [-0.15, -0.1) is 0 Å². The Balaban J connectivity index is 2.90. The minimum atomic E-state index is -4.54. The second-order valence-electron chi connectivity index (χ2n) is 3.02. The maximum atomic E-state index is 12.3. The van der Waals surface area contributed by atoms with Gasteiger partial charge in [-0.3, -0.25) is 9.48 Å². The molecule has 0 bridgehead atoms.